The zero-order valence-corrected chi connectivity index (χ0v) is 14.2. The van der Waals surface area contributed by atoms with Crippen LogP contribution in [0.2, 0.25) is 0 Å². The maximum absolute atomic E-state index is 12.6. The molecule has 0 spiro atoms. The van der Waals surface area contributed by atoms with Gasteiger partial charge in [-0.15, -0.1) is 0 Å². The van der Waals surface area contributed by atoms with Crippen LogP contribution >= 0.6 is 0 Å². The van der Waals surface area contributed by atoms with Crippen molar-refractivity contribution >= 4 is 35.0 Å². The Morgan fingerprint density at radius 1 is 1.12 bits per heavy atom. The van der Waals surface area contributed by atoms with E-state index in [9.17, 15) is 19.7 Å². The fraction of sp³-hybridized carbons (Fsp3) is 0.111. The lowest BCUT2D eigenvalue weighted by Gasteiger charge is -2.15. The minimum Gasteiger partial charge on any atom is -0.377 e. The summed E-state index contributed by atoms with van der Waals surface area (Å²) in [5.74, 6) is -1.08. The van der Waals surface area contributed by atoms with Crippen molar-refractivity contribution in [3.05, 3.63) is 69.8 Å². The number of hydrazine groups is 1. The van der Waals surface area contributed by atoms with Gasteiger partial charge in [-0.05, 0) is 24.3 Å². The average Bonchev–Trinajstić information content (AvgIpc) is 2.90. The molecule has 8 heteroatoms. The number of nitro benzene ring substituents is 1. The standard InChI is InChI=1S/C18H16N4O4/c1-20(2)16-9-8-14(22(25)26)10-12(16)11-15-17(23)19-21(18(15)24)13-6-4-3-5-7-13/h3-11H,1-2H3,(H,19,23). The topological polar surface area (TPSA) is 95.8 Å². The van der Waals surface area contributed by atoms with Gasteiger partial charge in [-0.3, -0.25) is 25.1 Å². The van der Waals surface area contributed by atoms with Gasteiger partial charge in [0.25, 0.3) is 17.5 Å². The summed E-state index contributed by atoms with van der Waals surface area (Å²) in [5, 5.41) is 12.2. The minimum atomic E-state index is -0.560. The van der Waals surface area contributed by atoms with Crippen molar-refractivity contribution in [3.8, 4) is 0 Å². The number of rotatable bonds is 4. The Balaban J connectivity index is 2.04. The number of nitrogens with one attached hydrogen (secondary N) is 1. The normalized spacial score (nSPS) is 15.3. The van der Waals surface area contributed by atoms with Gasteiger partial charge >= 0.3 is 0 Å². The highest BCUT2D eigenvalue weighted by atomic mass is 16.6. The molecule has 2 aromatic rings. The van der Waals surface area contributed by atoms with E-state index in [-0.39, 0.29) is 11.3 Å². The van der Waals surface area contributed by atoms with E-state index in [0.717, 1.165) is 5.01 Å². The van der Waals surface area contributed by atoms with Crippen molar-refractivity contribution in [1.29, 1.82) is 0 Å². The lowest BCUT2D eigenvalue weighted by Crippen LogP contribution is -2.35. The largest absolute Gasteiger partial charge is 0.377 e. The van der Waals surface area contributed by atoms with Crippen LogP contribution in [0.3, 0.4) is 0 Å². The summed E-state index contributed by atoms with van der Waals surface area (Å²) in [7, 11) is 3.55. The van der Waals surface area contributed by atoms with Crippen LogP contribution in [-0.2, 0) is 9.59 Å². The van der Waals surface area contributed by atoms with E-state index in [1.165, 1.54) is 18.2 Å². The predicted molar refractivity (Wildman–Crippen MR) is 97.5 cm³/mol. The highest BCUT2D eigenvalue weighted by molar-refractivity contribution is 6.31. The molecule has 132 valence electrons. The Bertz CT molecular complexity index is 922. The zero-order valence-electron chi connectivity index (χ0n) is 14.2. The van der Waals surface area contributed by atoms with Gasteiger partial charge in [0.05, 0.1) is 10.6 Å². The molecular weight excluding hydrogens is 336 g/mol. The van der Waals surface area contributed by atoms with Crippen LogP contribution in [0.25, 0.3) is 6.08 Å². The van der Waals surface area contributed by atoms with Crippen LogP contribution in [0.1, 0.15) is 5.56 Å². The smallest absolute Gasteiger partial charge is 0.282 e. The zero-order chi connectivity index (χ0) is 18.8. The minimum absolute atomic E-state index is 0.0857. The summed E-state index contributed by atoms with van der Waals surface area (Å²) in [6.07, 6.45) is 1.38. The molecule has 0 unspecified atom stereocenters. The molecule has 0 aliphatic carbocycles. The number of hydrogen-bond acceptors (Lipinski definition) is 5. The van der Waals surface area contributed by atoms with E-state index in [1.54, 1.807) is 55.4 Å². The van der Waals surface area contributed by atoms with E-state index >= 15 is 0 Å². The molecule has 8 nitrogen and oxygen atoms in total. The van der Waals surface area contributed by atoms with Crippen molar-refractivity contribution in [2.24, 2.45) is 0 Å². The summed E-state index contributed by atoms with van der Waals surface area (Å²) in [6.45, 7) is 0. The van der Waals surface area contributed by atoms with Crippen LogP contribution in [0.4, 0.5) is 17.1 Å². The Kier molecular flexibility index (Phi) is 4.40. The molecule has 0 saturated carbocycles. The Hall–Kier alpha value is -3.68. The molecule has 2 aromatic carbocycles. The van der Waals surface area contributed by atoms with Gasteiger partial charge in [0.15, 0.2) is 0 Å². The molecule has 1 aliphatic rings. The molecule has 1 fully saturated rings. The number of nitro groups is 1. The number of carbonyl (C=O) groups excluding carboxylic acids is 2. The van der Waals surface area contributed by atoms with E-state index < -0.39 is 16.7 Å². The fourth-order valence-corrected chi connectivity index (χ4v) is 2.65. The number of benzene rings is 2. The number of nitrogens with zero attached hydrogens (tertiary/aromatic N) is 3. The van der Waals surface area contributed by atoms with Gasteiger partial charge in [0.2, 0.25) is 0 Å². The lowest BCUT2D eigenvalue weighted by molar-refractivity contribution is -0.384. The first-order valence-corrected chi connectivity index (χ1v) is 7.76. The molecule has 0 radical (unpaired) electrons. The molecule has 1 aliphatic heterocycles. The molecule has 0 aromatic heterocycles. The van der Waals surface area contributed by atoms with Crippen LogP contribution in [-0.4, -0.2) is 30.8 Å². The van der Waals surface area contributed by atoms with Gasteiger partial charge in [-0.1, -0.05) is 18.2 Å². The van der Waals surface area contributed by atoms with Crippen molar-refractivity contribution in [2.75, 3.05) is 24.0 Å². The summed E-state index contributed by atoms with van der Waals surface area (Å²) in [6, 6.07) is 13.0. The number of para-hydroxylation sites is 1. The van der Waals surface area contributed by atoms with Crippen LogP contribution < -0.4 is 15.3 Å². The van der Waals surface area contributed by atoms with Gasteiger partial charge in [0, 0.05) is 37.5 Å². The van der Waals surface area contributed by atoms with E-state index in [2.05, 4.69) is 5.43 Å². The monoisotopic (exact) mass is 352 g/mol. The van der Waals surface area contributed by atoms with Crippen LogP contribution in [0.5, 0.6) is 0 Å². The molecule has 1 N–H and O–H groups in total. The highest BCUT2D eigenvalue weighted by Gasteiger charge is 2.34. The van der Waals surface area contributed by atoms with E-state index in [4.69, 9.17) is 0 Å². The molecule has 26 heavy (non-hydrogen) atoms. The maximum Gasteiger partial charge on any atom is 0.282 e. The summed E-state index contributed by atoms with van der Waals surface area (Å²) in [4.78, 5) is 37.2. The van der Waals surface area contributed by atoms with Gasteiger partial charge in [-0.25, -0.2) is 5.01 Å². The summed E-state index contributed by atoms with van der Waals surface area (Å²) >= 11 is 0. The summed E-state index contributed by atoms with van der Waals surface area (Å²) in [5.41, 5.74) is 3.90. The molecule has 1 saturated heterocycles. The van der Waals surface area contributed by atoms with Crippen LogP contribution in [0.15, 0.2) is 54.1 Å². The van der Waals surface area contributed by atoms with Crippen molar-refractivity contribution < 1.29 is 14.5 Å². The van der Waals surface area contributed by atoms with Gasteiger partial charge in [-0.2, -0.15) is 0 Å². The average molecular weight is 352 g/mol. The third-order valence-electron chi connectivity index (χ3n) is 3.91. The first-order chi connectivity index (χ1) is 12.4. The molecular formula is C18H16N4O4. The van der Waals surface area contributed by atoms with Crippen molar-refractivity contribution in [1.82, 2.24) is 5.43 Å². The fourth-order valence-electron chi connectivity index (χ4n) is 2.65. The number of non-ortho nitro benzene ring substituents is 1. The maximum atomic E-state index is 12.6. The first kappa shape index (κ1) is 17.2. The number of amides is 2. The number of carbonyl (C=O) groups is 2. The predicted octanol–water partition coefficient (Wildman–Crippen LogP) is 2.12. The van der Waals surface area contributed by atoms with Crippen molar-refractivity contribution in [3.63, 3.8) is 0 Å². The Morgan fingerprint density at radius 3 is 2.42 bits per heavy atom. The third-order valence-corrected chi connectivity index (χ3v) is 3.91. The SMILES string of the molecule is CN(C)c1ccc([N+](=O)[O-])cc1C=C1C(=O)NN(c2ccccc2)C1=O. The molecule has 2 amide bonds. The lowest BCUT2D eigenvalue weighted by atomic mass is 10.1. The molecule has 3 rings (SSSR count). The molecule has 1 heterocycles. The van der Waals surface area contributed by atoms with Gasteiger partial charge < -0.3 is 4.90 Å². The first-order valence-electron chi connectivity index (χ1n) is 7.76. The second-order valence-corrected chi connectivity index (χ2v) is 5.87. The van der Waals surface area contributed by atoms with Crippen LogP contribution in [0, 0.1) is 10.1 Å². The van der Waals surface area contributed by atoms with Gasteiger partial charge in [0.1, 0.15) is 5.57 Å². The van der Waals surface area contributed by atoms with E-state index in [1.807, 2.05) is 0 Å². The molecule has 0 bridgehead atoms. The number of hydrogen-bond donors (Lipinski definition) is 1. The third kappa shape index (κ3) is 3.12. The number of anilines is 2. The van der Waals surface area contributed by atoms with Crippen molar-refractivity contribution in [2.45, 2.75) is 0 Å². The second-order valence-electron chi connectivity index (χ2n) is 5.87. The molecule has 0 atom stereocenters. The van der Waals surface area contributed by atoms with E-state index in [0.29, 0.717) is 16.9 Å². The quantitative estimate of drug-likeness (QED) is 0.394. The Morgan fingerprint density at radius 2 is 1.81 bits per heavy atom. The summed E-state index contributed by atoms with van der Waals surface area (Å²) < 4.78 is 0. The Labute approximate surface area is 149 Å². The second kappa shape index (κ2) is 6.67. The highest BCUT2D eigenvalue weighted by Crippen LogP contribution is 2.28.